The van der Waals surface area contributed by atoms with Gasteiger partial charge in [0.25, 0.3) is 0 Å². The molecule has 1 saturated heterocycles. The van der Waals surface area contributed by atoms with Gasteiger partial charge in [-0.3, -0.25) is 0 Å². The van der Waals surface area contributed by atoms with Crippen LogP contribution >= 0.6 is 0 Å². The van der Waals surface area contributed by atoms with Crippen molar-refractivity contribution in [3.8, 4) is 0 Å². The predicted molar refractivity (Wildman–Crippen MR) is 112 cm³/mol. The first-order valence-corrected chi connectivity index (χ1v) is 10.1. The number of quaternary nitrogens is 1. The third-order valence-corrected chi connectivity index (χ3v) is 5.63. The van der Waals surface area contributed by atoms with Gasteiger partial charge in [0.15, 0.2) is 11.4 Å². The van der Waals surface area contributed by atoms with Gasteiger partial charge in [0.1, 0.15) is 23.5 Å². The van der Waals surface area contributed by atoms with Crippen LogP contribution in [-0.4, -0.2) is 36.1 Å². The maximum Gasteiger partial charge on any atom is 0.196 e. The third kappa shape index (κ3) is 3.80. The van der Waals surface area contributed by atoms with Crippen LogP contribution in [0.3, 0.4) is 0 Å². The van der Waals surface area contributed by atoms with Crippen molar-refractivity contribution in [2.24, 2.45) is 0 Å². The zero-order chi connectivity index (χ0) is 18.9. The van der Waals surface area contributed by atoms with Crippen LogP contribution in [0, 0.1) is 0 Å². The van der Waals surface area contributed by atoms with Crippen molar-refractivity contribution in [2.45, 2.75) is 19.9 Å². The van der Waals surface area contributed by atoms with Crippen molar-refractivity contribution in [3.63, 3.8) is 0 Å². The van der Waals surface area contributed by atoms with Gasteiger partial charge in [-0.25, -0.2) is 9.97 Å². The number of rotatable bonds is 4. The summed E-state index contributed by atoms with van der Waals surface area (Å²) in [5.74, 6) is 1.84. The zero-order valence-corrected chi connectivity index (χ0v) is 17.3. The fourth-order valence-corrected chi connectivity index (χ4v) is 4.09. The summed E-state index contributed by atoms with van der Waals surface area (Å²) in [6.07, 6.45) is 0.821. The number of aromatic nitrogens is 2. The van der Waals surface area contributed by atoms with Crippen LogP contribution in [-0.2, 0) is 13.0 Å². The summed E-state index contributed by atoms with van der Waals surface area (Å²) < 4.78 is 6.19. The minimum atomic E-state index is 0. The molecule has 2 aromatic heterocycles. The smallest absolute Gasteiger partial charge is 0.196 e. The average molecular weight is 409 g/mol. The quantitative estimate of drug-likeness (QED) is 0.510. The highest BCUT2D eigenvalue weighted by Gasteiger charge is 2.25. The molecule has 4 aromatic rings. The van der Waals surface area contributed by atoms with Gasteiger partial charge >= 0.3 is 0 Å². The number of halogens is 1. The Kier molecular flexibility index (Phi) is 5.69. The van der Waals surface area contributed by atoms with E-state index in [1.165, 1.54) is 5.56 Å². The molecular weight excluding hydrogens is 384 g/mol. The van der Waals surface area contributed by atoms with Crippen LogP contribution in [0.25, 0.3) is 22.1 Å². The molecule has 1 aliphatic rings. The normalized spacial score (nSPS) is 15.0. The van der Waals surface area contributed by atoms with E-state index in [9.17, 15) is 0 Å². The third-order valence-electron chi connectivity index (χ3n) is 5.63. The van der Waals surface area contributed by atoms with Crippen molar-refractivity contribution in [1.29, 1.82) is 0 Å². The van der Waals surface area contributed by atoms with Gasteiger partial charge in [0.2, 0.25) is 0 Å². The number of furan rings is 1. The predicted octanol–water partition coefficient (Wildman–Crippen LogP) is -0.152. The van der Waals surface area contributed by atoms with E-state index in [2.05, 4.69) is 48.2 Å². The minimum Gasteiger partial charge on any atom is -1.00 e. The fourth-order valence-electron chi connectivity index (χ4n) is 4.09. The molecule has 29 heavy (non-hydrogen) atoms. The summed E-state index contributed by atoms with van der Waals surface area (Å²) in [6.45, 7) is 7.35. The molecule has 1 N–H and O–H groups in total. The number of nitrogens with zero attached hydrogens (tertiary/aromatic N) is 3. The van der Waals surface area contributed by atoms with E-state index in [1.807, 2.05) is 18.2 Å². The number of para-hydroxylation sites is 1. The molecule has 0 bridgehead atoms. The number of hydrogen-bond acceptors (Lipinski definition) is 4. The molecule has 0 amide bonds. The lowest BCUT2D eigenvalue weighted by Crippen LogP contribution is -3.13. The molecule has 2 aromatic carbocycles. The Morgan fingerprint density at radius 1 is 0.966 bits per heavy atom. The Balaban J connectivity index is 0.00000205. The van der Waals surface area contributed by atoms with Gasteiger partial charge < -0.3 is 26.6 Å². The minimum absolute atomic E-state index is 0. The highest BCUT2D eigenvalue weighted by Crippen LogP contribution is 2.32. The Bertz CT molecular complexity index is 1100. The van der Waals surface area contributed by atoms with E-state index in [4.69, 9.17) is 14.4 Å². The lowest BCUT2D eigenvalue weighted by Gasteiger charge is -2.33. The summed E-state index contributed by atoms with van der Waals surface area (Å²) in [5.41, 5.74) is 4.05. The summed E-state index contributed by atoms with van der Waals surface area (Å²) in [6, 6.07) is 18.9. The Hall–Kier alpha value is -2.63. The summed E-state index contributed by atoms with van der Waals surface area (Å²) >= 11 is 0. The summed E-state index contributed by atoms with van der Waals surface area (Å²) in [4.78, 5) is 13.6. The second-order valence-corrected chi connectivity index (χ2v) is 7.49. The Morgan fingerprint density at radius 2 is 1.69 bits per heavy atom. The first kappa shape index (κ1) is 19.7. The van der Waals surface area contributed by atoms with E-state index in [1.54, 1.807) is 4.90 Å². The van der Waals surface area contributed by atoms with Crippen LogP contribution in [0.2, 0.25) is 0 Å². The molecular formula is C23H25ClN4O. The van der Waals surface area contributed by atoms with Gasteiger partial charge in [-0.1, -0.05) is 49.4 Å². The molecule has 0 atom stereocenters. The topological polar surface area (TPSA) is 46.6 Å². The number of aryl methyl sites for hydroxylation is 1. The number of piperazine rings is 1. The van der Waals surface area contributed by atoms with Crippen LogP contribution < -0.4 is 22.2 Å². The van der Waals surface area contributed by atoms with E-state index in [0.717, 1.165) is 72.9 Å². The Morgan fingerprint density at radius 3 is 2.45 bits per heavy atom. The van der Waals surface area contributed by atoms with Crippen molar-refractivity contribution < 1.29 is 21.7 Å². The molecule has 3 heterocycles. The lowest BCUT2D eigenvalue weighted by atomic mass is 10.2. The van der Waals surface area contributed by atoms with E-state index < -0.39 is 0 Å². The van der Waals surface area contributed by atoms with Crippen molar-refractivity contribution in [1.82, 2.24) is 9.97 Å². The average Bonchev–Trinajstić information content (AvgIpc) is 3.13. The standard InChI is InChI=1S/C23H24N4O.ClH/c1-2-20-24-21-18-10-6-7-11-19(18)28-22(21)23(25-20)27-14-12-26(13-15-27)16-17-8-4-3-5-9-17;/h3-11H,2,12-16H2,1H3;1H. The fraction of sp³-hybridized carbons (Fsp3) is 0.304. The monoisotopic (exact) mass is 408 g/mol. The van der Waals surface area contributed by atoms with E-state index in [0.29, 0.717) is 0 Å². The maximum absolute atomic E-state index is 6.19. The van der Waals surface area contributed by atoms with Crippen molar-refractivity contribution in [3.05, 3.63) is 66.0 Å². The first-order valence-electron chi connectivity index (χ1n) is 10.1. The molecule has 0 saturated carbocycles. The molecule has 6 heteroatoms. The maximum atomic E-state index is 6.19. The summed E-state index contributed by atoms with van der Waals surface area (Å²) in [7, 11) is 0. The SMILES string of the molecule is CCc1nc(N2CC[NH+](Cc3ccccc3)CC2)c2oc3ccccc3c2n1.[Cl-]. The van der Waals surface area contributed by atoms with Gasteiger partial charge in [-0.2, -0.15) is 0 Å². The number of anilines is 1. The molecule has 0 unspecified atom stereocenters. The van der Waals surface area contributed by atoms with E-state index in [-0.39, 0.29) is 12.4 Å². The number of hydrogen-bond donors (Lipinski definition) is 1. The molecule has 150 valence electrons. The molecule has 1 aliphatic heterocycles. The zero-order valence-electron chi connectivity index (χ0n) is 16.6. The van der Waals surface area contributed by atoms with Crippen LogP contribution in [0.5, 0.6) is 0 Å². The molecule has 0 aliphatic carbocycles. The van der Waals surface area contributed by atoms with Gasteiger partial charge in [0, 0.05) is 17.4 Å². The largest absolute Gasteiger partial charge is 1.00 e. The number of benzene rings is 2. The first-order chi connectivity index (χ1) is 13.8. The van der Waals surface area contributed by atoms with Crippen LogP contribution in [0.4, 0.5) is 5.82 Å². The lowest BCUT2D eigenvalue weighted by molar-refractivity contribution is -0.914. The van der Waals surface area contributed by atoms with Crippen molar-refractivity contribution >= 4 is 27.9 Å². The van der Waals surface area contributed by atoms with Crippen LogP contribution in [0.1, 0.15) is 18.3 Å². The molecule has 0 radical (unpaired) electrons. The van der Waals surface area contributed by atoms with Gasteiger partial charge in [-0.15, -0.1) is 0 Å². The van der Waals surface area contributed by atoms with Crippen LogP contribution in [0.15, 0.2) is 59.0 Å². The second kappa shape index (κ2) is 8.39. The molecule has 0 spiro atoms. The number of nitrogens with one attached hydrogen (secondary N) is 1. The molecule has 5 nitrogen and oxygen atoms in total. The van der Waals surface area contributed by atoms with Gasteiger partial charge in [-0.05, 0) is 12.1 Å². The van der Waals surface area contributed by atoms with E-state index >= 15 is 0 Å². The number of fused-ring (bicyclic) bond motifs is 3. The molecule has 5 rings (SSSR count). The second-order valence-electron chi connectivity index (χ2n) is 7.49. The molecule has 1 fully saturated rings. The van der Waals surface area contributed by atoms with Crippen molar-refractivity contribution in [2.75, 3.05) is 31.1 Å². The highest BCUT2D eigenvalue weighted by atomic mass is 35.5. The van der Waals surface area contributed by atoms with Gasteiger partial charge in [0.05, 0.1) is 26.2 Å². The summed E-state index contributed by atoms with van der Waals surface area (Å²) in [5, 5.41) is 1.07. The Labute approximate surface area is 176 Å². The highest BCUT2D eigenvalue weighted by molar-refractivity contribution is 6.05.